The van der Waals surface area contributed by atoms with Gasteiger partial charge in [-0.1, -0.05) is 26.7 Å². The molecule has 0 saturated carbocycles. The van der Waals surface area contributed by atoms with Gasteiger partial charge in [-0.3, -0.25) is 9.59 Å². The van der Waals surface area contributed by atoms with E-state index >= 15 is 0 Å². The maximum atomic E-state index is 13.6. The number of Topliss-reactive ketones (excluding diaryl/α,β-unsaturated/α-hetero) is 1. The van der Waals surface area contributed by atoms with E-state index in [0.717, 1.165) is 18.9 Å². The number of unbranched alkanes of at least 4 members (excludes halogenated alkanes) is 2. The van der Waals surface area contributed by atoms with Gasteiger partial charge in [0.15, 0.2) is 0 Å². The first-order valence-electron chi connectivity index (χ1n) is 10.3. The number of halogens is 3. The second-order valence-electron chi connectivity index (χ2n) is 7.53. The molecule has 1 atom stereocenters. The molecule has 2 rings (SSSR count). The van der Waals surface area contributed by atoms with Gasteiger partial charge in [0, 0.05) is 13.5 Å². The first kappa shape index (κ1) is 26.6. The van der Waals surface area contributed by atoms with Crippen LogP contribution in [0.15, 0.2) is 21.7 Å². The molecular formula is C20H26F3N3O6S. The van der Waals surface area contributed by atoms with Gasteiger partial charge in [-0.2, -0.15) is 17.8 Å². The Hall–Kier alpha value is -2.67. The highest BCUT2D eigenvalue weighted by Gasteiger charge is 2.36. The fraction of sp³-hybridized carbons (Fsp3) is 0.550. The highest BCUT2D eigenvalue weighted by molar-refractivity contribution is 7.93. The number of aromatic nitrogens is 2. The molecule has 1 heterocycles. The largest absolute Gasteiger partial charge is 0.416 e. The number of nitrogens with zero attached hydrogens (tertiary/aromatic N) is 1. The molecule has 0 fully saturated rings. The van der Waals surface area contributed by atoms with Gasteiger partial charge in [0.1, 0.15) is 11.5 Å². The number of nitrogens with one attached hydrogen (secondary N) is 2. The zero-order valence-corrected chi connectivity index (χ0v) is 19.2. The number of carbonyl (C=O) groups is 1. The van der Waals surface area contributed by atoms with Crippen LogP contribution in [-0.2, 0) is 25.7 Å². The van der Waals surface area contributed by atoms with Crippen molar-refractivity contribution in [2.45, 2.75) is 58.2 Å². The molecule has 1 aromatic heterocycles. The number of benzene rings is 1. The summed E-state index contributed by atoms with van der Waals surface area (Å²) in [4.78, 5) is 40.9. The lowest BCUT2D eigenvalue weighted by atomic mass is 9.97. The van der Waals surface area contributed by atoms with E-state index in [1.807, 2.05) is 6.92 Å². The lowest BCUT2D eigenvalue weighted by Gasteiger charge is -2.20. The highest BCUT2D eigenvalue weighted by Crippen LogP contribution is 2.38. The molecular weight excluding hydrogens is 467 g/mol. The number of hydrogen-bond donors (Lipinski definition) is 2. The van der Waals surface area contributed by atoms with Crippen molar-refractivity contribution in [2.75, 3.05) is 17.7 Å². The Balaban J connectivity index is 2.55. The molecule has 1 unspecified atom stereocenters. The van der Waals surface area contributed by atoms with Crippen LogP contribution in [0.25, 0.3) is 10.9 Å². The number of aromatic amines is 1. The maximum Gasteiger partial charge on any atom is 0.416 e. The summed E-state index contributed by atoms with van der Waals surface area (Å²) in [5, 5.41) is -0.356. The minimum Gasteiger partial charge on any atom is -0.377 e. The van der Waals surface area contributed by atoms with Crippen LogP contribution in [0, 0.1) is 0 Å². The quantitative estimate of drug-likeness (QED) is 0.464. The molecule has 2 aromatic rings. The van der Waals surface area contributed by atoms with Gasteiger partial charge in [0.05, 0.1) is 22.6 Å². The minimum atomic E-state index is -4.79. The third-order valence-corrected chi connectivity index (χ3v) is 6.18. The van der Waals surface area contributed by atoms with E-state index < -0.39 is 56.2 Å². The predicted octanol–water partition coefficient (Wildman–Crippen LogP) is 2.83. The molecule has 184 valence electrons. The summed E-state index contributed by atoms with van der Waals surface area (Å²) in [5.74, 6) is -1.54. The van der Waals surface area contributed by atoms with E-state index in [4.69, 9.17) is 4.74 Å². The molecule has 0 aliphatic carbocycles. The molecule has 0 bridgehead atoms. The fourth-order valence-corrected chi connectivity index (χ4v) is 4.49. The molecule has 33 heavy (non-hydrogen) atoms. The van der Waals surface area contributed by atoms with Gasteiger partial charge in [-0.15, -0.1) is 0 Å². The lowest BCUT2D eigenvalue weighted by molar-refractivity contribution is -0.139. The molecule has 13 heteroatoms. The van der Waals surface area contributed by atoms with Crippen LogP contribution in [0.1, 0.15) is 63.2 Å². The van der Waals surface area contributed by atoms with E-state index in [9.17, 15) is 36.0 Å². The fourth-order valence-electron chi connectivity index (χ4n) is 3.42. The van der Waals surface area contributed by atoms with Crippen LogP contribution in [0.2, 0.25) is 0 Å². The molecule has 1 aromatic carbocycles. The smallest absolute Gasteiger partial charge is 0.377 e. The number of ether oxygens (including phenoxy) is 1. The van der Waals surface area contributed by atoms with Crippen molar-refractivity contribution in [3.8, 4) is 0 Å². The van der Waals surface area contributed by atoms with Gasteiger partial charge < -0.3 is 9.72 Å². The number of H-pyrrole nitrogens is 1. The first-order chi connectivity index (χ1) is 15.3. The van der Waals surface area contributed by atoms with Crippen molar-refractivity contribution < 1.29 is 31.1 Å². The number of methoxy groups -OCH3 is 1. The van der Waals surface area contributed by atoms with Gasteiger partial charge in [0.2, 0.25) is 0 Å². The summed E-state index contributed by atoms with van der Waals surface area (Å²) < 4.78 is 70.6. The SMILES string of the molecule is CCCCCC(=O)CS(=O)(=O)Nn1c(=O)[nH]c2cc(C(F)(F)F)c(C(CC)OC)cc2c1=O. The summed E-state index contributed by atoms with van der Waals surface area (Å²) in [6.07, 6.45) is -3.52. The number of carbonyl (C=O) groups excluding carboxylic acids is 1. The van der Waals surface area contributed by atoms with Gasteiger partial charge >= 0.3 is 11.9 Å². The van der Waals surface area contributed by atoms with Crippen LogP contribution >= 0.6 is 0 Å². The molecule has 0 radical (unpaired) electrons. The van der Waals surface area contributed by atoms with E-state index in [0.29, 0.717) is 12.5 Å². The minimum absolute atomic E-state index is 0.0245. The summed E-state index contributed by atoms with van der Waals surface area (Å²) in [6, 6.07) is 1.54. The molecule has 0 aliphatic rings. The highest BCUT2D eigenvalue weighted by atomic mass is 32.2. The van der Waals surface area contributed by atoms with Crippen molar-refractivity contribution >= 4 is 26.7 Å². The second-order valence-corrected chi connectivity index (χ2v) is 9.23. The number of ketones is 1. The summed E-state index contributed by atoms with van der Waals surface area (Å²) in [5.41, 5.74) is -4.32. The zero-order valence-electron chi connectivity index (χ0n) is 18.4. The Morgan fingerprint density at radius 2 is 1.88 bits per heavy atom. The average molecular weight is 494 g/mol. The average Bonchev–Trinajstić information content (AvgIpc) is 2.71. The van der Waals surface area contributed by atoms with E-state index in [2.05, 4.69) is 4.98 Å². The van der Waals surface area contributed by atoms with Gasteiger partial charge in [-0.25, -0.2) is 18.0 Å². The number of sulfonamides is 1. The number of rotatable bonds is 11. The van der Waals surface area contributed by atoms with Crippen molar-refractivity contribution in [2.24, 2.45) is 0 Å². The monoisotopic (exact) mass is 493 g/mol. The molecule has 0 saturated heterocycles. The summed E-state index contributed by atoms with van der Waals surface area (Å²) in [6.45, 7) is 3.51. The van der Waals surface area contributed by atoms with E-state index in [1.165, 1.54) is 7.11 Å². The van der Waals surface area contributed by atoms with Crippen molar-refractivity contribution in [3.05, 3.63) is 44.1 Å². The molecule has 0 spiro atoms. The normalized spacial score (nSPS) is 13.3. The topological polar surface area (TPSA) is 127 Å². The van der Waals surface area contributed by atoms with Gasteiger partial charge in [0.25, 0.3) is 15.6 Å². The van der Waals surface area contributed by atoms with Crippen molar-refractivity contribution in [3.63, 3.8) is 0 Å². The van der Waals surface area contributed by atoms with Gasteiger partial charge in [-0.05, 0) is 30.5 Å². The number of hydrogen-bond acceptors (Lipinski definition) is 6. The Morgan fingerprint density at radius 3 is 2.42 bits per heavy atom. The van der Waals surface area contributed by atoms with Crippen LogP contribution in [0.5, 0.6) is 0 Å². The standard InChI is InChI=1S/C20H26F3N3O6S/c1-4-6-7-8-12(27)11-33(30,31)25-26-18(28)14-9-13(17(5-2)32-3)15(20(21,22)23)10-16(14)24-19(26)29/h9-10,17,25H,4-8,11H2,1-3H3,(H,24,29). The number of alkyl halides is 3. The number of fused-ring (bicyclic) bond motifs is 1. The Bertz CT molecular complexity index is 1230. The van der Waals surface area contributed by atoms with Crippen LogP contribution in [0.4, 0.5) is 13.2 Å². The lowest BCUT2D eigenvalue weighted by Crippen LogP contribution is -2.45. The van der Waals surface area contributed by atoms with Crippen molar-refractivity contribution in [1.82, 2.24) is 9.66 Å². The molecule has 0 amide bonds. The zero-order chi connectivity index (χ0) is 25.0. The molecule has 0 aliphatic heterocycles. The molecule has 2 N–H and O–H groups in total. The summed E-state index contributed by atoms with van der Waals surface area (Å²) >= 11 is 0. The summed E-state index contributed by atoms with van der Waals surface area (Å²) in [7, 11) is -3.20. The first-order valence-corrected chi connectivity index (χ1v) is 11.9. The maximum absolute atomic E-state index is 13.6. The van der Waals surface area contributed by atoms with Crippen LogP contribution in [-0.4, -0.2) is 36.7 Å². The Kier molecular flexibility index (Phi) is 8.46. The third kappa shape index (κ3) is 6.44. The van der Waals surface area contributed by atoms with Crippen LogP contribution in [0.3, 0.4) is 0 Å². The Morgan fingerprint density at radius 1 is 1.21 bits per heavy atom. The van der Waals surface area contributed by atoms with Crippen LogP contribution < -0.4 is 16.1 Å². The third-order valence-electron chi connectivity index (χ3n) is 5.02. The molecule has 9 nitrogen and oxygen atoms in total. The predicted molar refractivity (Wildman–Crippen MR) is 116 cm³/mol. The van der Waals surface area contributed by atoms with Crippen molar-refractivity contribution in [1.29, 1.82) is 0 Å². The van der Waals surface area contributed by atoms with E-state index in [-0.39, 0.29) is 28.5 Å². The second kappa shape index (κ2) is 10.5. The van der Waals surface area contributed by atoms with E-state index in [1.54, 1.807) is 11.8 Å². The Labute approximate surface area is 188 Å².